The maximum Gasteiger partial charge on any atom is 0.0955 e. The monoisotopic (exact) mass is 490 g/mol. The van der Waals surface area contributed by atoms with E-state index in [9.17, 15) is 0 Å². The highest BCUT2D eigenvalue weighted by Crippen LogP contribution is 2.52. The molecule has 0 amide bonds. The van der Waals surface area contributed by atoms with Gasteiger partial charge in [-0.15, -0.1) is 0 Å². The second kappa shape index (κ2) is 12.4. The van der Waals surface area contributed by atoms with Gasteiger partial charge in [0, 0.05) is 11.8 Å². The molecule has 0 aliphatic heterocycles. The second-order valence-electron chi connectivity index (χ2n) is 13.0. The van der Waals surface area contributed by atoms with Gasteiger partial charge in [0.15, 0.2) is 0 Å². The summed E-state index contributed by atoms with van der Waals surface area (Å²) in [6.45, 7) is 14.4. The molecule has 1 saturated carbocycles. The van der Waals surface area contributed by atoms with Crippen LogP contribution in [-0.2, 0) is 4.74 Å². The van der Waals surface area contributed by atoms with Crippen LogP contribution >= 0.6 is 0 Å². The largest absolute Gasteiger partial charge is 0.501 e. The van der Waals surface area contributed by atoms with Crippen LogP contribution in [0.4, 0.5) is 0 Å². The SMILES string of the molecule is CCCC(C)CCC1C(C)=C(C2CCCC(C)C2)CCC2C(OC)=CC(c3ccc(C)cc3C)CC21. The number of benzene rings is 1. The smallest absolute Gasteiger partial charge is 0.0955 e. The van der Waals surface area contributed by atoms with Crippen LogP contribution < -0.4 is 0 Å². The van der Waals surface area contributed by atoms with Crippen molar-refractivity contribution in [2.24, 2.45) is 35.5 Å². The molecule has 3 aliphatic rings. The van der Waals surface area contributed by atoms with Crippen LogP contribution in [0.15, 0.2) is 41.2 Å². The molecular weight excluding hydrogens is 436 g/mol. The summed E-state index contributed by atoms with van der Waals surface area (Å²) in [7, 11) is 1.93. The van der Waals surface area contributed by atoms with Gasteiger partial charge in [0.2, 0.25) is 0 Å². The van der Waals surface area contributed by atoms with Gasteiger partial charge in [0.05, 0.1) is 12.9 Å². The van der Waals surface area contributed by atoms with Crippen molar-refractivity contribution in [3.05, 3.63) is 57.9 Å². The number of methoxy groups -OCH3 is 1. The average Bonchev–Trinajstić information content (AvgIpc) is 2.98. The molecule has 4 rings (SSSR count). The number of aryl methyl sites for hydroxylation is 2. The molecule has 7 atom stereocenters. The fourth-order valence-corrected chi connectivity index (χ4v) is 8.41. The third-order valence-electron chi connectivity index (χ3n) is 10.3. The van der Waals surface area contributed by atoms with Crippen LogP contribution in [-0.4, -0.2) is 7.11 Å². The summed E-state index contributed by atoms with van der Waals surface area (Å²) in [4.78, 5) is 0. The van der Waals surface area contributed by atoms with E-state index >= 15 is 0 Å². The first-order valence-electron chi connectivity index (χ1n) is 15.3. The highest BCUT2D eigenvalue weighted by Gasteiger charge is 2.42. The predicted molar refractivity (Wildman–Crippen MR) is 155 cm³/mol. The Hall–Kier alpha value is -1.50. The van der Waals surface area contributed by atoms with Gasteiger partial charge in [-0.25, -0.2) is 0 Å². The van der Waals surface area contributed by atoms with Gasteiger partial charge in [0.25, 0.3) is 0 Å². The lowest BCUT2D eigenvalue weighted by Gasteiger charge is -2.40. The van der Waals surface area contributed by atoms with E-state index in [0.717, 1.165) is 17.8 Å². The Morgan fingerprint density at radius 1 is 1.03 bits per heavy atom. The van der Waals surface area contributed by atoms with Gasteiger partial charge in [-0.1, -0.05) is 87.8 Å². The van der Waals surface area contributed by atoms with Crippen LogP contribution in [0.1, 0.15) is 121 Å². The highest BCUT2D eigenvalue weighted by atomic mass is 16.5. The van der Waals surface area contributed by atoms with E-state index in [1.807, 2.05) is 12.7 Å². The molecule has 1 aromatic carbocycles. The van der Waals surface area contributed by atoms with Crippen molar-refractivity contribution in [1.82, 2.24) is 0 Å². The fourth-order valence-electron chi connectivity index (χ4n) is 8.41. The summed E-state index contributed by atoms with van der Waals surface area (Å²) in [6, 6.07) is 7.07. The Labute approximate surface area is 223 Å². The van der Waals surface area contributed by atoms with Crippen molar-refractivity contribution in [3.63, 3.8) is 0 Å². The third-order valence-corrected chi connectivity index (χ3v) is 10.3. The molecule has 0 heterocycles. The molecule has 1 fully saturated rings. The molecule has 1 nitrogen and oxygen atoms in total. The van der Waals surface area contributed by atoms with Crippen LogP contribution in [0.2, 0.25) is 0 Å². The van der Waals surface area contributed by atoms with Crippen molar-refractivity contribution < 1.29 is 4.74 Å². The van der Waals surface area contributed by atoms with E-state index < -0.39 is 0 Å². The average molecular weight is 491 g/mol. The number of hydrogen-bond donors (Lipinski definition) is 0. The number of hydrogen-bond acceptors (Lipinski definition) is 1. The van der Waals surface area contributed by atoms with Crippen LogP contribution in [0.25, 0.3) is 0 Å². The summed E-state index contributed by atoms with van der Waals surface area (Å²) >= 11 is 0. The van der Waals surface area contributed by atoms with Crippen LogP contribution in [0.5, 0.6) is 0 Å². The van der Waals surface area contributed by atoms with E-state index in [-0.39, 0.29) is 0 Å². The Kier molecular flexibility index (Phi) is 9.45. The minimum Gasteiger partial charge on any atom is -0.501 e. The van der Waals surface area contributed by atoms with Crippen LogP contribution in [0, 0.1) is 49.4 Å². The molecule has 3 aliphatic carbocycles. The van der Waals surface area contributed by atoms with Crippen LogP contribution in [0.3, 0.4) is 0 Å². The van der Waals surface area contributed by atoms with Gasteiger partial charge >= 0.3 is 0 Å². The van der Waals surface area contributed by atoms with E-state index in [4.69, 9.17) is 4.74 Å². The molecular formula is C35H54O. The molecule has 0 saturated heterocycles. The van der Waals surface area contributed by atoms with E-state index in [1.165, 1.54) is 93.1 Å². The number of fused-ring (bicyclic) bond motifs is 1. The summed E-state index contributed by atoms with van der Waals surface area (Å²) in [5.74, 6) is 6.29. The molecule has 0 bridgehead atoms. The maximum atomic E-state index is 6.22. The minimum absolute atomic E-state index is 0.474. The summed E-state index contributed by atoms with van der Waals surface area (Å²) < 4.78 is 6.22. The first-order chi connectivity index (χ1) is 17.3. The standard InChI is InChI=1S/C35H54O/c1-8-10-23(2)13-16-32-27(6)31(28-12-9-11-24(3)20-28)17-18-33-34(32)21-29(22-35(33)36-7)30-15-14-25(4)19-26(30)5/h14-15,19,22-24,28-29,32-34H,8-13,16-18,20-21H2,1-7H3. The molecule has 1 aromatic rings. The Morgan fingerprint density at radius 3 is 2.53 bits per heavy atom. The van der Waals surface area contributed by atoms with E-state index in [1.54, 1.807) is 5.57 Å². The quantitative estimate of drug-likeness (QED) is 0.329. The molecule has 0 spiro atoms. The van der Waals surface area contributed by atoms with Crippen molar-refractivity contribution >= 4 is 0 Å². The maximum absolute atomic E-state index is 6.22. The van der Waals surface area contributed by atoms with Crippen molar-refractivity contribution in [1.29, 1.82) is 0 Å². The summed E-state index contributed by atoms with van der Waals surface area (Å²) in [5, 5.41) is 0. The van der Waals surface area contributed by atoms with E-state index in [0.29, 0.717) is 23.7 Å². The molecule has 0 N–H and O–H groups in total. The molecule has 36 heavy (non-hydrogen) atoms. The first kappa shape index (κ1) is 27.5. The van der Waals surface area contributed by atoms with Gasteiger partial charge in [-0.05, 0) is 106 Å². The molecule has 0 aromatic heterocycles. The lowest BCUT2D eigenvalue weighted by atomic mass is 9.66. The normalized spacial score (nSPS) is 31.9. The Bertz CT molecular complexity index is 936. The zero-order valence-electron chi connectivity index (χ0n) is 24.5. The molecule has 7 unspecified atom stereocenters. The van der Waals surface area contributed by atoms with Crippen molar-refractivity contribution in [3.8, 4) is 0 Å². The highest BCUT2D eigenvalue weighted by molar-refractivity contribution is 5.38. The third kappa shape index (κ3) is 6.14. The minimum atomic E-state index is 0.474. The zero-order valence-corrected chi connectivity index (χ0v) is 24.5. The molecule has 200 valence electrons. The molecule has 1 heteroatoms. The number of rotatable bonds is 8. The van der Waals surface area contributed by atoms with Crippen molar-refractivity contribution in [2.45, 2.75) is 118 Å². The van der Waals surface area contributed by atoms with E-state index in [2.05, 4.69) is 65.8 Å². The van der Waals surface area contributed by atoms with Crippen molar-refractivity contribution in [2.75, 3.05) is 7.11 Å². The number of ether oxygens (including phenoxy) is 1. The number of allylic oxidation sites excluding steroid dienone is 4. The van der Waals surface area contributed by atoms with Gasteiger partial charge < -0.3 is 4.74 Å². The topological polar surface area (TPSA) is 9.23 Å². The lowest BCUT2D eigenvalue weighted by molar-refractivity contribution is 0.140. The second-order valence-corrected chi connectivity index (χ2v) is 13.0. The van der Waals surface area contributed by atoms with Gasteiger partial charge in [-0.2, -0.15) is 0 Å². The summed E-state index contributed by atoms with van der Waals surface area (Å²) in [5.41, 5.74) is 7.97. The zero-order chi connectivity index (χ0) is 25.8. The Balaban J connectivity index is 1.70. The first-order valence-corrected chi connectivity index (χ1v) is 15.3. The Morgan fingerprint density at radius 2 is 1.83 bits per heavy atom. The lowest BCUT2D eigenvalue weighted by Crippen LogP contribution is -2.31. The predicted octanol–water partition coefficient (Wildman–Crippen LogP) is 10.3. The van der Waals surface area contributed by atoms with Gasteiger partial charge in [-0.3, -0.25) is 0 Å². The summed E-state index contributed by atoms with van der Waals surface area (Å²) in [6.07, 6.45) is 17.5. The van der Waals surface area contributed by atoms with Gasteiger partial charge in [0.1, 0.15) is 0 Å². The fraction of sp³-hybridized carbons (Fsp3) is 0.714. The molecule has 0 radical (unpaired) electrons.